The summed E-state index contributed by atoms with van der Waals surface area (Å²) in [7, 11) is 0. The zero-order valence-corrected chi connectivity index (χ0v) is 15.2. The Labute approximate surface area is 153 Å². The van der Waals surface area contributed by atoms with Gasteiger partial charge in [-0.15, -0.1) is 0 Å². The molecule has 0 bridgehead atoms. The summed E-state index contributed by atoms with van der Waals surface area (Å²) in [6.07, 6.45) is 2.30. The highest BCUT2D eigenvalue weighted by atomic mass is 16.5. The van der Waals surface area contributed by atoms with Crippen LogP contribution in [-0.4, -0.2) is 24.3 Å². The van der Waals surface area contributed by atoms with Crippen LogP contribution in [0.25, 0.3) is 0 Å². The van der Waals surface area contributed by atoms with E-state index < -0.39 is 0 Å². The van der Waals surface area contributed by atoms with Gasteiger partial charge in [0.25, 0.3) is 0 Å². The molecule has 3 rings (SSSR count). The summed E-state index contributed by atoms with van der Waals surface area (Å²) in [5.74, 6) is 1.43. The molecule has 2 aromatic rings. The number of ether oxygens (including phenoxy) is 3. The minimum atomic E-state index is -0.311. The Balaban J connectivity index is 1.94. The van der Waals surface area contributed by atoms with E-state index in [1.165, 1.54) is 6.07 Å². The van der Waals surface area contributed by atoms with E-state index in [9.17, 15) is 9.90 Å². The van der Waals surface area contributed by atoms with Crippen LogP contribution >= 0.6 is 0 Å². The van der Waals surface area contributed by atoms with Gasteiger partial charge in [-0.25, -0.2) is 0 Å². The Hall–Kier alpha value is -2.69. The Bertz CT molecular complexity index is 784. The number of esters is 1. The number of aromatic hydroxyl groups is 1. The topological polar surface area (TPSA) is 65.0 Å². The van der Waals surface area contributed by atoms with E-state index in [1.54, 1.807) is 12.1 Å². The van der Waals surface area contributed by atoms with Crippen LogP contribution in [0.1, 0.15) is 50.2 Å². The van der Waals surface area contributed by atoms with Crippen LogP contribution < -0.4 is 14.2 Å². The lowest BCUT2D eigenvalue weighted by molar-refractivity contribution is -0.135. The summed E-state index contributed by atoms with van der Waals surface area (Å²) in [6.45, 7) is 5.23. The predicted octanol–water partition coefficient (Wildman–Crippen LogP) is 4.41. The van der Waals surface area contributed by atoms with Crippen LogP contribution in [0.2, 0.25) is 0 Å². The molecule has 138 valence electrons. The van der Waals surface area contributed by atoms with E-state index in [4.69, 9.17) is 14.2 Å². The second-order valence-corrected chi connectivity index (χ2v) is 6.29. The predicted molar refractivity (Wildman–Crippen MR) is 98.2 cm³/mol. The molecule has 5 heteroatoms. The lowest BCUT2D eigenvalue weighted by atomic mass is 9.86. The molecule has 0 fully saturated rings. The van der Waals surface area contributed by atoms with Gasteiger partial charge in [-0.05, 0) is 37.1 Å². The highest BCUT2D eigenvalue weighted by molar-refractivity contribution is 5.78. The highest BCUT2D eigenvalue weighted by Crippen LogP contribution is 2.42. The highest BCUT2D eigenvalue weighted by Gasteiger charge is 2.29. The van der Waals surface area contributed by atoms with Crippen molar-refractivity contribution in [2.24, 2.45) is 0 Å². The smallest absolute Gasteiger partial charge is 0.312 e. The van der Waals surface area contributed by atoms with Crippen LogP contribution in [0, 0.1) is 0 Å². The molecule has 1 aliphatic rings. The van der Waals surface area contributed by atoms with Gasteiger partial charge in [0.05, 0.1) is 19.6 Å². The van der Waals surface area contributed by atoms with Crippen molar-refractivity contribution in [2.75, 3.05) is 13.2 Å². The van der Waals surface area contributed by atoms with Crippen molar-refractivity contribution in [3.8, 4) is 23.0 Å². The van der Waals surface area contributed by atoms with E-state index in [-0.39, 0.29) is 24.1 Å². The second kappa shape index (κ2) is 8.13. The first-order chi connectivity index (χ1) is 12.6. The van der Waals surface area contributed by atoms with Gasteiger partial charge in [-0.2, -0.15) is 0 Å². The van der Waals surface area contributed by atoms with Gasteiger partial charge < -0.3 is 19.3 Å². The molecular weight excluding hydrogens is 332 g/mol. The standard InChI is InChI=1S/C21H24O5/c1-3-5-10-25-18-9-6-14(11-20(18)24-4-2)17-13-21(23)26-19-12-15(22)7-8-16(17)19/h6-9,11-12,17,22H,3-5,10,13H2,1-2H3. The quantitative estimate of drug-likeness (QED) is 0.452. The number of benzene rings is 2. The number of hydrogen-bond donors (Lipinski definition) is 1. The Morgan fingerprint density at radius 2 is 1.96 bits per heavy atom. The molecule has 1 atom stereocenters. The fourth-order valence-corrected chi connectivity index (χ4v) is 3.09. The van der Waals surface area contributed by atoms with Gasteiger partial charge in [-0.1, -0.05) is 25.5 Å². The van der Waals surface area contributed by atoms with Crippen molar-refractivity contribution >= 4 is 5.97 Å². The summed E-state index contributed by atoms with van der Waals surface area (Å²) < 4.78 is 16.9. The van der Waals surface area contributed by atoms with Crippen LogP contribution in [-0.2, 0) is 4.79 Å². The molecule has 0 spiro atoms. The SMILES string of the molecule is CCCCOc1ccc(C2CC(=O)Oc3cc(O)ccc32)cc1OCC. The molecule has 2 aromatic carbocycles. The van der Waals surface area contributed by atoms with Gasteiger partial charge in [0, 0.05) is 17.5 Å². The molecular formula is C21H24O5. The Kier molecular flexibility index (Phi) is 5.66. The van der Waals surface area contributed by atoms with E-state index in [2.05, 4.69) is 6.92 Å². The summed E-state index contributed by atoms with van der Waals surface area (Å²) in [5.41, 5.74) is 1.84. The van der Waals surface area contributed by atoms with Gasteiger partial charge in [-0.3, -0.25) is 4.79 Å². The molecule has 1 N–H and O–H groups in total. The number of phenolic OH excluding ortho intramolecular Hbond substituents is 1. The lowest BCUT2D eigenvalue weighted by Gasteiger charge is -2.25. The van der Waals surface area contributed by atoms with Gasteiger partial charge in [0.1, 0.15) is 11.5 Å². The molecule has 0 aliphatic carbocycles. The summed E-state index contributed by atoms with van der Waals surface area (Å²) in [6, 6.07) is 10.7. The summed E-state index contributed by atoms with van der Waals surface area (Å²) in [4.78, 5) is 12.0. The van der Waals surface area contributed by atoms with E-state index in [1.807, 2.05) is 25.1 Å². The number of carbonyl (C=O) groups is 1. The maximum atomic E-state index is 12.0. The van der Waals surface area contributed by atoms with Crippen LogP contribution in [0.4, 0.5) is 0 Å². The van der Waals surface area contributed by atoms with Crippen molar-refractivity contribution in [1.82, 2.24) is 0 Å². The molecule has 0 saturated carbocycles. The average Bonchev–Trinajstić information content (AvgIpc) is 2.62. The third kappa shape index (κ3) is 3.93. The fourth-order valence-electron chi connectivity index (χ4n) is 3.09. The van der Waals surface area contributed by atoms with Gasteiger partial charge >= 0.3 is 5.97 Å². The van der Waals surface area contributed by atoms with Crippen LogP contribution in [0.3, 0.4) is 0 Å². The second-order valence-electron chi connectivity index (χ2n) is 6.29. The lowest BCUT2D eigenvalue weighted by Crippen LogP contribution is -2.21. The Morgan fingerprint density at radius 3 is 2.73 bits per heavy atom. The monoisotopic (exact) mass is 356 g/mol. The molecule has 0 amide bonds. The number of unbranched alkanes of at least 4 members (excludes halogenated alkanes) is 1. The molecule has 0 radical (unpaired) electrons. The molecule has 0 aromatic heterocycles. The number of phenols is 1. The van der Waals surface area contributed by atoms with E-state index in [0.29, 0.717) is 30.5 Å². The van der Waals surface area contributed by atoms with E-state index >= 15 is 0 Å². The minimum Gasteiger partial charge on any atom is -0.508 e. The number of hydrogen-bond acceptors (Lipinski definition) is 5. The maximum absolute atomic E-state index is 12.0. The minimum absolute atomic E-state index is 0.0758. The molecule has 0 saturated heterocycles. The van der Waals surface area contributed by atoms with E-state index in [0.717, 1.165) is 24.0 Å². The molecule has 1 aliphatic heterocycles. The van der Waals surface area contributed by atoms with Crippen molar-refractivity contribution < 1.29 is 24.1 Å². The number of fused-ring (bicyclic) bond motifs is 1. The first-order valence-corrected chi connectivity index (χ1v) is 9.05. The van der Waals surface area contributed by atoms with Crippen LogP contribution in [0.15, 0.2) is 36.4 Å². The molecule has 26 heavy (non-hydrogen) atoms. The maximum Gasteiger partial charge on any atom is 0.312 e. The fraction of sp³-hybridized carbons (Fsp3) is 0.381. The molecule has 5 nitrogen and oxygen atoms in total. The van der Waals surface area contributed by atoms with Gasteiger partial charge in [0.2, 0.25) is 0 Å². The summed E-state index contributed by atoms with van der Waals surface area (Å²) in [5, 5.41) is 9.66. The van der Waals surface area contributed by atoms with Crippen molar-refractivity contribution in [3.63, 3.8) is 0 Å². The first-order valence-electron chi connectivity index (χ1n) is 9.05. The average molecular weight is 356 g/mol. The van der Waals surface area contributed by atoms with Gasteiger partial charge in [0.15, 0.2) is 11.5 Å². The van der Waals surface area contributed by atoms with Crippen molar-refractivity contribution in [3.05, 3.63) is 47.5 Å². The molecule has 1 unspecified atom stereocenters. The normalized spacial score (nSPS) is 15.9. The zero-order chi connectivity index (χ0) is 18.5. The zero-order valence-electron chi connectivity index (χ0n) is 15.2. The third-order valence-corrected chi connectivity index (χ3v) is 4.39. The van der Waals surface area contributed by atoms with Crippen LogP contribution in [0.5, 0.6) is 23.0 Å². The van der Waals surface area contributed by atoms with Crippen molar-refractivity contribution in [2.45, 2.75) is 39.0 Å². The number of carbonyl (C=O) groups excluding carboxylic acids is 1. The largest absolute Gasteiger partial charge is 0.508 e. The van der Waals surface area contributed by atoms with Crippen molar-refractivity contribution in [1.29, 1.82) is 0 Å². The molecule has 1 heterocycles. The Morgan fingerprint density at radius 1 is 1.12 bits per heavy atom. The number of rotatable bonds is 7. The summed E-state index contributed by atoms with van der Waals surface area (Å²) >= 11 is 0. The first kappa shape index (κ1) is 18.1. The third-order valence-electron chi connectivity index (χ3n) is 4.39.